The first-order valence-electron chi connectivity index (χ1n) is 27.2. The van der Waals surface area contributed by atoms with Crippen LogP contribution < -0.4 is 16.4 Å². The summed E-state index contributed by atoms with van der Waals surface area (Å²) in [7, 11) is 0. The van der Waals surface area contributed by atoms with E-state index in [1.54, 1.807) is 0 Å². The van der Waals surface area contributed by atoms with Crippen LogP contribution >= 0.6 is 0 Å². The summed E-state index contributed by atoms with van der Waals surface area (Å²) in [5, 5.41) is 12.9. The smallest absolute Gasteiger partial charge is 0.252 e. The zero-order valence-electron chi connectivity index (χ0n) is 44.1. The van der Waals surface area contributed by atoms with Gasteiger partial charge in [-0.05, 0) is 159 Å². The minimum Gasteiger partial charge on any atom is -0.310 e. The molecule has 0 radical (unpaired) electrons. The summed E-state index contributed by atoms with van der Waals surface area (Å²) in [6.45, 7) is 14.1. The molecule has 0 atom stereocenters. The fraction of sp³-hybridized carbons (Fsp3) is 0.111. The van der Waals surface area contributed by atoms with Crippen LogP contribution in [0.4, 0.5) is 0 Å². The molecule has 0 spiro atoms. The first kappa shape index (κ1) is 44.3. The van der Waals surface area contributed by atoms with Gasteiger partial charge >= 0.3 is 0 Å². The van der Waals surface area contributed by atoms with Crippen LogP contribution in [-0.2, 0) is 10.8 Å². The Bertz CT molecular complexity index is 4760. The van der Waals surface area contributed by atoms with Gasteiger partial charge in [0.25, 0.3) is 6.71 Å². The van der Waals surface area contributed by atoms with E-state index in [-0.39, 0.29) is 17.5 Å². The third-order valence-electron chi connectivity index (χ3n) is 17.3. The Labute approximate surface area is 448 Å². The van der Waals surface area contributed by atoms with Crippen molar-refractivity contribution in [1.82, 2.24) is 19.1 Å². The maximum Gasteiger partial charge on any atom is 0.252 e. The molecule has 77 heavy (non-hydrogen) atoms. The number of fused-ring (bicyclic) bond motifs is 17. The van der Waals surface area contributed by atoms with Gasteiger partial charge in [-0.15, -0.1) is 0 Å². The molecule has 10 aromatic carbocycles. The highest BCUT2D eigenvalue weighted by Gasteiger charge is 2.42. The Morgan fingerprint density at radius 3 is 1.55 bits per heavy atom. The second-order valence-electron chi connectivity index (χ2n) is 23.7. The van der Waals surface area contributed by atoms with Gasteiger partial charge in [-0.2, -0.15) is 0 Å². The van der Waals surface area contributed by atoms with Gasteiger partial charge in [0.2, 0.25) is 0 Å². The van der Waals surface area contributed by atoms with Crippen LogP contribution in [0.2, 0.25) is 0 Å². The van der Waals surface area contributed by atoms with E-state index in [0.29, 0.717) is 0 Å². The number of para-hydroxylation sites is 1. The van der Waals surface area contributed by atoms with E-state index in [1.807, 2.05) is 24.8 Å². The van der Waals surface area contributed by atoms with E-state index in [2.05, 4.69) is 239 Å². The van der Waals surface area contributed by atoms with Gasteiger partial charge in [0.1, 0.15) is 0 Å². The van der Waals surface area contributed by atoms with E-state index in [0.717, 1.165) is 44.5 Å². The van der Waals surface area contributed by atoms with Crippen molar-refractivity contribution in [2.45, 2.75) is 52.4 Å². The summed E-state index contributed by atoms with van der Waals surface area (Å²) < 4.78 is 5.31. The summed E-state index contributed by atoms with van der Waals surface area (Å²) in [5.41, 5.74) is 23.0. The molecule has 2 aliphatic heterocycles. The third kappa shape index (κ3) is 6.23. The van der Waals surface area contributed by atoms with Crippen LogP contribution in [0.3, 0.4) is 0 Å². The Morgan fingerprint density at radius 2 is 0.909 bits per heavy atom. The monoisotopic (exact) mass is 984 g/mol. The van der Waals surface area contributed by atoms with E-state index >= 15 is 0 Å². The lowest BCUT2D eigenvalue weighted by Crippen LogP contribution is -2.59. The summed E-state index contributed by atoms with van der Waals surface area (Å²) >= 11 is 0. The molecule has 0 saturated heterocycles. The molecule has 14 aromatic rings. The van der Waals surface area contributed by atoms with Gasteiger partial charge in [0.15, 0.2) is 0 Å². The van der Waals surface area contributed by atoms with Crippen LogP contribution in [0.15, 0.2) is 213 Å². The van der Waals surface area contributed by atoms with Crippen molar-refractivity contribution in [3.8, 4) is 55.9 Å². The molecule has 0 saturated carbocycles. The molecule has 5 heteroatoms. The summed E-state index contributed by atoms with van der Waals surface area (Å²) in [4.78, 5) is 9.55. The van der Waals surface area contributed by atoms with Crippen LogP contribution in [0, 0.1) is 0 Å². The molecule has 0 aliphatic carbocycles. The molecule has 4 nitrogen and oxygen atoms in total. The lowest BCUT2D eigenvalue weighted by atomic mass is 9.34. The van der Waals surface area contributed by atoms with E-state index in [4.69, 9.17) is 9.97 Å². The van der Waals surface area contributed by atoms with Gasteiger partial charge in [0.05, 0.1) is 11.0 Å². The Kier molecular flexibility index (Phi) is 9.05. The molecule has 2 aliphatic rings. The number of nitrogens with zero attached hydrogens (tertiary/aromatic N) is 4. The van der Waals surface area contributed by atoms with Gasteiger partial charge in [-0.3, -0.25) is 9.97 Å². The van der Waals surface area contributed by atoms with Crippen LogP contribution in [0.1, 0.15) is 52.7 Å². The van der Waals surface area contributed by atoms with Crippen molar-refractivity contribution in [2.24, 2.45) is 0 Å². The molecular formula is C72H53BN4. The second-order valence-corrected chi connectivity index (χ2v) is 23.7. The standard InChI is InChI=1S/C72H53BN4/c1-71(2,3)47-27-29-61-57(37-47)58-38-48(72(4,5)6)39-60-70(58)76(61)63-35-46(65-55(43-19-15-31-74-40-43)33-45(42-17-8-7-9-18-42)34-56(65)44-20-16-32-75-41-44)36-64-68(63)73(60)59-26-14-25-54-67-62(77(64)69(54)59)30-28-53-51-23-11-10-21-49(51)50-22-12-13-24-52(50)66(53)67/h7-41H,1-6H3. The molecule has 0 N–H and O–H groups in total. The van der Waals surface area contributed by atoms with Gasteiger partial charge in [-0.25, -0.2) is 0 Å². The van der Waals surface area contributed by atoms with E-state index in [9.17, 15) is 0 Å². The van der Waals surface area contributed by atoms with Crippen LogP contribution in [-0.4, -0.2) is 25.8 Å². The summed E-state index contributed by atoms with van der Waals surface area (Å²) in [5.74, 6) is 0. The molecule has 6 heterocycles. The molecule has 4 aromatic heterocycles. The van der Waals surface area contributed by atoms with Gasteiger partial charge in [0, 0.05) is 85.3 Å². The zero-order valence-corrected chi connectivity index (χ0v) is 44.1. The van der Waals surface area contributed by atoms with Crippen molar-refractivity contribution in [3.63, 3.8) is 0 Å². The molecule has 364 valence electrons. The molecule has 16 rings (SSSR count). The quantitative estimate of drug-likeness (QED) is 0.130. The predicted octanol–water partition coefficient (Wildman–Crippen LogP) is 16.5. The highest BCUT2D eigenvalue weighted by molar-refractivity contribution is 7.00. The fourth-order valence-corrected chi connectivity index (χ4v) is 13.8. The summed E-state index contributed by atoms with van der Waals surface area (Å²) in [6.07, 6.45) is 7.80. The van der Waals surface area contributed by atoms with Crippen LogP contribution in [0.25, 0.3) is 132 Å². The van der Waals surface area contributed by atoms with E-state index in [1.165, 1.54) is 115 Å². The average molecular weight is 985 g/mol. The van der Waals surface area contributed by atoms with Gasteiger partial charge < -0.3 is 9.13 Å². The Balaban J connectivity index is 1.12. The lowest BCUT2D eigenvalue weighted by Gasteiger charge is -2.35. The largest absolute Gasteiger partial charge is 0.310 e. The Morgan fingerprint density at radius 1 is 0.364 bits per heavy atom. The maximum absolute atomic E-state index is 4.77. The van der Waals surface area contributed by atoms with Crippen molar-refractivity contribution in [3.05, 3.63) is 224 Å². The minimum absolute atomic E-state index is 0.0315. The minimum atomic E-state index is -0.0939. The maximum atomic E-state index is 4.77. The first-order chi connectivity index (χ1) is 37.5. The number of rotatable bonds is 4. The average Bonchev–Trinajstić information content (AvgIpc) is 4.06. The molecular weight excluding hydrogens is 932 g/mol. The second kappa shape index (κ2) is 15.8. The number of benzene rings is 10. The highest BCUT2D eigenvalue weighted by atomic mass is 15.0. The third-order valence-corrected chi connectivity index (χ3v) is 17.3. The molecule has 0 bridgehead atoms. The summed E-state index contributed by atoms with van der Waals surface area (Å²) in [6, 6.07) is 71.6. The normalized spacial score (nSPS) is 13.0. The topological polar surface area (TPSA) is 35.6 Å². The molecule has 0 amide bonds. The Hall–Kier alpha value is -9.06. The van der Waals surface area contributed by atoms with Gasteiger partial charge in [-0.1, -0.05) is 169 Å². The number of hydrogen-bond donors (Lipinski definition) is 0. The van der Waals surface area contributed by atoms with Crippen LogP contribution in [0.5, 0.6) is 0 Å². The SMILES string of the molecule is CC(C)(C)c1ccc2c(c1)c1cc(C(C)(C)C)cc3c1n2-c1cc(-c2c(-c4cccnc4)cc(-c4ccccc4)cc2-c2cccnc2)cc2c1B3c1cccc3c4c5c6ccccc6c6ccccc6c5ccc4n-2c13. The van der Waals surface area contributed by atoms with Crippen molar-refractivity contribution >= 4 is 99.0 Å². The number of pyridine rings is 2. The predicted molar refractivity (Wildman–Crippen MR) is 327 cm³/mol. The fourth-order valence-electron chi connectivity index (χ4n) is 13.8. The van der Waals surface area contributed by atoms with E-state index < -0.39 is 0 Å². The number of aromatic nitrogens is 4. The lowest BCUT2D eigenvalue weighted by molar-refractivity contribution is 0.590. The van der Waals surface area contributed by atoms with Crippen molar-refractivity contribution in [1.29, 1.82) is 0 Å². The molecule has 0 unspecified atom stereocenters. The molecule has 0 fully saturated rings. The number of hydrogen-bond acceptors (Lipinski definition) is 2. The zero-order chi connectivity index (χ0) is 51.6. The van der Waals surface area contributed by atoms with Crippen molar-refractivity contribution < 1.29 is 0 Å². The first-order valence-corrected chi connectivity index (χ1v) is 27.2. The highest BCUT2D eigenvalue weighted by Crippen LogP contribution is 2.49. The van der Waals surface area contributed by atoms with Crippen molar-refractivity contribution in [2.75, 3.05) is 0 Å².